The third-order valence-corrected chi connectivity index (χ3v) is 4.98. The highest BCUT2D eigenvalue weighted by molar-refractivity contribution is 8.17. The fourth-order valence-corrected chi connectivity index (χ4v) is 3.30. The van der Waals surface area contributed by atoms with Gasteiger partial charge >= 0.3 is 6.09 Å². The van der Waals surface area contributed by atoms with Gasteiger partial charge in [-0.2, -0.15) is 5.10 Å². The van der Waals surface area contributed by atoms with Crippen molar-refractivity contribution in [2.24, 2.45) is 10.1 Å². The van der Waals surface area contributed by atoms with Crippen molar-refractivity contribution in [1.82, 2.24) is 5.43 Å². The second-order valence-corrected chi connectivity index (χ2v) is 7.85. The lowest BCUT2D eigenvalue weighted by molar-refractivity contribution is -0.125. The maximum absolute atomic E-state index is 12.6. The number of carbonyl (C=O) groups excluding carboxylic acids is 2. The minimum absolute atomic E-state index is 0.248. The van der Waals surface area contributed by atoms with Crippen molar-refractivity contribution < 1.29 is 23.8 Å². The summed E-state index contributed by atoms with van der Waals surface area (Å²) < 4.78 is 15.7. The van der Waals surface area contributed by atoms with Crippen molar-refractivity contribution in [2.75, 3.05) is 14.2 Å². The number of amides is 2. The Balaban J connectivity index is 2.17. The Hall–Kier alpha value is -2.39. The molecule has 1 atom stereocenters. The van der Waals surface area contributed by atoms with Crippen LogP contribution in [0.2, 0.25) is 0 Å². The molecule has 8 nitrogen and oxygen atoms in total. The molecule has 1 unspecified atom stereocenters. The van der Waals surface area contributed by atoms with Crippen LogP contribution in [0.3, 0.4) is 0 Å². The number of ether oxygens (including phenoxy) is 3. The van der Waals surface area contributed by atoms with E-state index in [9.17, 15) is 9.59 Å². The van der Waals surface area contributed by atoms with Crippen LogP contribution in [-0.2, 0) is 14.3 Å². The standard InChI is InChI=1S/C18H23N3O5S/c1-11(20-21-16(23)26-17(2,3)4)18(25-6)15(22)19-14(27-18)12-7-9-13(24-5)10-8-12/h7-10H,1-6H3,(H,21,23)/b20-11-. The van der Waals surface area contributed by atoms with Crippen LogP contribution in [0.1, 0.15) is 33.3 Å². The van der Waals surface area contributed by atoms with Crippen LogP contribution in [0.4, 0.5) is 4.79 Å². The van der Waals surface area contributed by atoms with Gasteiger partial charge in [-0.3, -0.25) is 4.79 Å². The monoisotopic (exact) mass is 393 g/mol. The molecule has 2 amide bonds. The van der Waals surface area contributed by atoms with Crippen molar-refractivity contribution >= 4 is 34.5 Å². The molecule has 0 radical (unpaired) electrons. The second kappa shape index (κ2) is 8.10. The van der Waals surface area contributed by atoms with Crippen LogP contribution < -0.4 is 10.2 Å². The van der Waals surface area contributed by atoms with Crippen LogP contribution in [0, 0.1) is 0 Å². The second-order valence-electron chi connectivity index (χ2n) is 6.68. The molecule has 1 N–H and O–H groups in total. The van der Waals surface area contributed by atoms with Gasteiger partial charge in [0.15, 0.2) is 0 Å². The predicted molar refractivity (Wildman–Crippen MR) is 104 cm³/mol. The quantitative estimate of drug-likeness (QED) is 0.610. The van der Waals surface area contributed by atoms with Gasteiger partial charge in [0.1, 0.15) is 16.4 Å². The fourth-order valence-electron chi connectivity index (χ4n) is 2.23. The molecule has 0 spiro atoms. The molecule has 0 aromatic heterocycles. The Morgan fingerprint density at radius 2 is 1.85 bits per heavy atom. The minimum Gasteiger partial charge on any atom is -0.497 e. The number of hydrazone groups is 1. The van der Waals surface area contributed by atoms with Gasteiger partial charge in [0.2, 0.25) is 4.93 Å². The predicted octanol–water partition coefficient (Wildman–Crippen LogP) is 2.96. The molecular weight excluding hydrogens is 370 g/mol. The first-order valence-corrected chi connectivity index (χ1v) is 8.98. The van der Waals surface area contributed by atoms with E-state index in [1.165, 1.54) is 7.11 Å². The summed E-state index contributed by atoms with van der Waals surface area (Å²) in [6.07, 6.45) is -0.722. The zero-order valence-electron chi connectivity index (χ0n) is 16.2. The van der Waals surface area contributed by atoms with Gasteiger partial charge in [0.05, 0.1) is 12.8 Å². The van der Waals surface area contributed by atoms with Gasteiger partial charge in [0.25, 0.3) is 5.91 Å². The molecule has 2 rings (SSSR count). The Kier molecular flexibility index (Phi) is 6.27. The van der Waals surface area contributed by atoms with E-state index in [0.717, 1.165) is 17.3 Å². The van der Waals surface area contributed by atoms with Crippen molar-refractivity contribution in [1.29, 1.82) is 0 Å². The maximum Gasteiger partial charge on any atom is 0.428 e. The van der Waals surface area contributed by atoms with E-state index >= 15 is 0 Å². The van der Waals surface area contributed by atoms with Gasteiger partial charge < -0.3 is 14.2 Å². The summed E-state index contributed by atoms with van der Waals surface area (Å²) in [6.45, 7) is 6.81. The zero-order valence-corrected chi connectivity index (χ0v) is 17.0. The van der Waals surface area contributed by atoms with Crippen molar-refractivity contribution in [2.45, 2.75) is 38.2 Å². The molecule has 0 bridgehead atoms. The van der Waals surface area contributed by atoms with E-state index in [-0.39, 0.29) is 5.71 Å². The number of rotatable bonds is 5. The van der Waals surface area contributed by atoms with E-state index in [4.69, 9.17) is 14.2 Å². The summed E-state index contributed by atoms with van der Waals surface area (Å²) in [5, 5.41) is 4.47. The molecule has 1 aromatic carbocycles. The topological polar surface area (TPSA) is 98.6 Å². The molecule has 0 aliphatic carbocycles. The largest absolute Gasteiger partial charge is 0.497 e. The number of methoxy groups -OCH3 is 2. The first-order valence-electron chi connectivity index (χ1n) is 8.17. The third kappa shape index (κ3) is 4.86. The number of aliphatic imine (C=N–C) groups is 1. The van der Waals surface area contributed by atoms with E-state index in [1.807, 2.05) is 0 Å². The number of nitrogens with zero attached hydrogens (tertiary/aromatic N) is 2. The minimum atomic E-state index is -1.44. The molecule has 1 heterocycles. The average molecular weight is 393 g/mol. The molecular formula is C18H23N3O5S. The highest BCUT2D eigenvalue weighted by Gasteiger charge is 2.49. The van der Waals surface area contributed by atoms with Crippen LogP contribution in [0.5, 0.6) is 5.75 Å². The molecule has 1 aromatic rings. The number of benzene rings is 1. The third-order valence-electron chi connectivity index (χ3n) is 3.54. The molecule has 0 saturated heterocycles. The van der Waals surface area contributed by atoms with E-state index in [1.54, 1.807) is 59.1 Å². The number of thioether (sulfide) groups is 1. The molecule has 0 saturated carbocycles. The first-order chi connectivity index (χ1) is 12.6. The van der Waals surface area contributed by atoms with Gasteiger partial charge in [-0.05, 0) is 52.0 Å². The normalized spacial score (nSPS) is 20.3. The summed E-state index contributed by atoms with van der Waals surface area (Å²) in [6, 6.07) is 7.16. The van der Waals surface area contributed by atoms with Crippen molar-refractivity contribution in [3.05, 3.63) is 29.8 Å². The smallest absolute Gasteiger partial charge is 0.428 e. The Bertz CT molecular complexity index is 783. The Labute approximate surface area is 162 Å². The summed E-state index contributed by atoms with van der Waals surface area (Å²) in [4.78, 5) is 27.0. The maximum atomic E-state index is 12.6. The van der Waals surface area contributed by atoms with E-state index < -0.39 is 22.5 Å². The average Bonchev–Trinajstić information content (AvgIpc) is 2.96. The van der Waals surface area contributed by atoms with Crippen molar-refractivity contribution in [3.63, 3.8) is 0 Å². The highest BCUT2D eigenvalue weighted by atomic mass is 32.2. The number of hydrogen-bond acceptors (Lipinski definition) is 7. The van der Waals surface area contributed by atoms with Gasteiger partial charge in [0, 0.05) is 12.7 Å². The highest BCUT2D eigenvalue weighted by Crippen LogP contribution is 2.39. The van der Waals surface area contributed by atoms with E-state index in [0.29, 0.717) is 10.8 Å². The zero-order chi connectivity index (χ0) is 20.2. The molecule has 1 aliphatic heterocycles. The van der Waals surface area contributed by atoms with Gasteiger partial charge in [-0.1, -0.05) is 11.8 Å². The number of nitrogens with one attached hydrogen (secondary N) is 1. The molecule has 146 valence electrons. The number of carbonyl (C=O) groups is 2. The van der Waals surface area contributed by atoms with Gasteiger partial charge in [-0.25, -0.2) is 15.2 Å². The van der Waals surface area contributed by atoms with Crippen molar-refractivity contribution in [3.8, 4) is 5.75 Å². The van der Waals surface area contributed by atoms with Crippen LogP contribution in [0.15, 0.2) is 34.4 Å². The summed E-state index contributed by atoms with van der Waals surface area (Å²) in [7, 11) is 2.97. The molecule has 27 heavy (non-hydrogen) atoms. The van der Waals surface area contributed by atoms with Crippen LogP contribution >= 0.6 is 11.8 Å². The molecule has 0 fully saturated rings. The summed E-state index contributed by atoms with van der Waals surface area (Å²) in [5.74, 6) is 0.194. The molecule has 1 aliphatic rings. The van der Waals surface area contributed by atoms with Crippen LogP contribution in [0.25, 0.3) is 0 Å². The molecule has 9 heteroatoms. The fraction of sp³-hybridized carbons (Fsp3) is 0.444. The van der Waals surface area contributed by atoms with Gasteiger partial charge in [-0.15, -0.1) is 0 Å². The summed E-state index contributed by atoms with van der Waals surface area (Å²) >= 11 is 1.12. The van der Waals surface area contributed by atoms with E-state index in [2.05, 4.69) is 15.5 Å². The number of hydrogen-bond donors (Lipinski definition) is 1. The lowest BCUT2D eigenvalue weighted by Gasteiger charge is -2.24. The first kappa shape index (κ1) is 20.9. The lowest BCUT2D eigenvalue weighted by atomic mass is 10.2. The van der Waals surface area contributed by atoms with Crippen LogP contribution in [-0.4, -0.2) is 47.5 Å². The SMILES string of the molecule is COc1ccc(C2=NC(=O)C(OC)(/C(C)=N\NC(=O)OC(C)(C)C)S2)cc1. The summed E-state index contributed by atoms with van der Waals surface area (Å²) in [5.41, 5.74) is 2.62. The Morgan fingerprint density at radius 1 is 1.22 bits per heavy atom. The Morgan fingerprint density at radius 3 is 2.37 bits per heavy atom. The lowest BCUT2D eigenvalue weighted by Crippen LogP contribution is -2.42.